The van der Waals surface area contributed by atoms with E-state index in [0.29, 0.717) is 5.75 Å². The van der Waals surface area contributed by atoms with Crippen LogP contribution in [-0.4, -0.2) is 64.2 Å². The van der Waals surface area contributed by atoms with Gasteiger partial charge in [-0.25, -0.2) is 8.42 Å². The lowest BCUT2D eigenvalue weighted by molar-refractivity contribution is -0.139. The number of nitrogens with one attached hydrogen (secondary N) is 1. The van der Waals surface area contributed by atoms with Crippen molar-refractivity contribution in [3.8, 4) is 11.5 Å². The molecule has 1 fully saturated rings. The number of sulfonamides is 1. The van der Waals surface area contributed by atoms with E-state index < -0.39 is 28.5 Å². The number of amides is 2. The highest BCUT2D eigenvalue weighted by Crippen LogP contribution is 2.33. The Labute approximate surface area is 230 Å². The van der Waals surface area contributed by atoms with Crippen LogP contribution in [0.15, 0.2) is 42.5 Å². The number of anilines is 1. The largest absolute Gasteiger partial charge is 0.497 e. The second kappa shape index (κ2) is 13.2. The number of halogens is 1. The van der Waals surface area contributed by atoms with Crippen LogP contribution in [0.1, 0.15) is 44.6 Å². The zero-order valence-corrected chi connectivity index (χ0v) is 23.8. The number of benzene rings is 2. The summed E-state index contributed by atoms with van der Waals surface area (Å²) in [6.07, 6.45) is 6.06. The van der Waals surface area contributed by atoms with Gasteiger partial charge in [0.1, 0.15) is 24.1 Å². The molecular formula is C27H36ClN3O6S. The van der Waals surface area contributed by atoms with Gasteiger partial charge in [-0.1, -0.05) is 43.0 Å². The Hall–Kier alpha value is -2.98. The second-order valence-electron chi connectivity index (χ2n) is 9.48. The number of rotatable bonds is 11. The van der Waals surface area contributed by atoms with Crippen molar-refractivity contribution >= 4 is 39.1 Å². The third-order valence-electron chi connectivity index (χ3n) is 6.69. The maximum Gasteiger partial charge on any atom is 0.244 e. The first-order chi connectivity index (χ1) is 18.0. The van der Waals surface area contributed by atoms with Crippen molar-refractivity contribution in [3.63, 3.8) is 0 Å². The predicted molar refractivity (Wildman–Crippen MR) is 148 cm³/mol. The molecule has 38 heavy (non-hydrogen) atoms. The lowest BCUT2D eigenvalue weighted by atomic mass is 9.95. The number of nitrogens with zero attached hydrogens (tertiary/aromatic N) is 2. The summed E-state index contributed by atoms with van der Waals surface area (Å²) in [7, 11) is -0.971. The van der Waals surface area contributed by atoms with Crippen LogP contribution in [0.2, 0.25) is 5.02 Å². The second-order valence-corrected chi connectivity index (χ2v) is 11.8. The van der Waals surface area contributed by atoms with Crippen molar-refractivity contribution in [3.05, 3.63) is 53.1 Å². The van der Waals surface area contributed by atoms with E-state index in [1.165, 1.54) is 24.1 Å². The number of carbonyl (C=O) groups is 2. The molecule has 1 N–H and O–H groups in total. The summed E-state index contributed by atoms with van der Waals surface area (Å²) in [5, 5.41) is 3.36. The first-order valence-electron chi connectivity index (χ1n) is 12.6. The van der Waals surface area contributed by atoms with Crippen molar-refractivity contribution in [1.29, 1.82) is 0 Å². The normalized spacial score (nSPS) is 14.9. The van der Waals surface area contributed by atoms with Gasteiger partial charge in [0, 0.05) is 17.6 Å². The van der Waals surface area contributed by atoms with Gasteiger partial charge in [-0.15, -0.1) is 0 Å². The van der Waals surface area contributed by atoms with Gasteiger partial charge in [-0.3, -0.25) is 13.9 Å². The summed E-state index contributed by atoms with van der Waals surface area (Å²) in [4.78, 5) is 28.5. The van der Waals surface area contributed by atoms with E-state index in [1.54, 1.807) is 38.3 Å². The Morgan fingerprint density at radius 1 is 1.08 bits per heavy atom. The van der Waals surface area contributed by atoms with E-state index in [4.69, 9.17) is 21.1 Å². The van der Waals surface area contributed by atoms with Crippen LogP contribution < -0.4 is 19.1 Å². The molecule has 208 valence electrons. The Bertz CT molecular complexity index is 1230. The lowest BCUT2D eigenvalue weighted by Gasteiger charge is -2.33. The predicted octanol–water partition coefficient (Wildman–Crippen LogP) is 3.99. The van der Waals surface area contributed by atoms with Crippen molar-refractivity contribution in [2.24, 2.45) is 0 Å². The summed E-state index contributed by atoms with van der Waals surface area (Å²) < 4.78 is 37.3. The minimum atomic E-state index is -3.92. The maximum atomic E-state index is 13.8. The highest BCUT2D eigenvalue weighted by atomic mass is 35.5. The monoisotopic (exact) mass is 565 g/mol. The van der Waals surface area contributed by atoms with Gasteiger partial charge in [0.2, 0.25) is 21.8 Å². The SMILES string of the molecule is COc1cccc(CN(C(=O)CN(c2cc(Cl)ccc2OC)S(C)(=O)=O)[C@H](C)C(=O)NC2CCCCC2)c1. The number of ether oxygens (including phenoxy) is 2. The average Bonchev–Trinajstić information content (AvgIpc) is 2.89. The first-order valence-corrected chi connectivity index (χ1v) is 14.8. The fraction of sp³-hybridized carbons (Fsp3) is 0.481. The lowest BCUT2D eigenvalue weighted by Crippen LogP contribution is -2.53. The van der Waals surface area contributed by atoms with E-state index in [9.17, 15) is 18.0 Å². The molecule has 1 saturated carbocycles. The average molecular weight is 566 g/mol. The smallest absolute Gasteiger partial charge is 0.244 e. The zero-order valence-electron chi connectivity index (χ0n) is 22.3. The molecule has 1 aliphatic rings. The third-order valence-corrected chi connectivity index (χ3v) is 8.06. The fourth-order valence-corrected chi connectivity index (χ4v) is 5.58. The summed E-state index contributed by atoms with van der Waals surface area (Å²) >= 11 is 6.15. The molecule has 0 aliphatic heterocycles. The number of methoxy groups -OCH3 is 2. The van der Waals surface area contributed by atoms with Crippen LogP contribution in [0.4, 0.5) is 5.69 Å². The van der Waals surface area contributed by atoms with E-state index >= 15 is 0 Å². The minimum Gasteiger partial charge on any atom is -0.497 e. The summed E-state index contributed by atoms with van der Waals surface area (Å²) in [5.41, 5.74) is 0.873. The highest BCUT2D eigenvalue weighted by Gasteiger charge is 2.32. The molecule has 0 saturated heterocycles. The Kier molecular flexibility index (Phi) is 10.3. The minimum absolute atomic E-state index is 0.0655. The van der Waals surface area contributed by atoms with Gasteiger partial charge in [0.25, 0.3) is 0 Å². The quantitative estimate of drug-likeness (QED) is 0.442. The van der Waals surface area contributed by atoms with Crippen LogP contribution in [-0.2, 0) is 26.2 Å². The summed E-state index contributed by atoms with van der Waals surface area (Å²) in [6, 6.07) is 10.9. The fourth-order valence-electron chi connectivity index (χ4n) is 4.57. The maximum absolute atomic E-state index is 13.8. The standard InChI is InChI=1S/C27H36ClN3O6S/c1-19(27(33)29-22-10-6-5-7-11-22)30(17-20-9-8-12-23(15-20)36-2)26(32)18-31(38(4,34)35)24-16-21(28)13-14-25(24)37-3/h8-9,12-16,19,22H,5-7,10-11,17-18H2,1-4H3,(H,29,33)/t19-/m1/s1. The highest BCUT2D eigenvalue weighted by molar-refractivity contribution is 7.92. The molecule has 3 rings (SSSR count). The molecule has 0 heterocycles. The molecule has 2 amide bonds. The Morgan fingerprint density at radius 3 is 2.42 bits per heavy atom. The Morgan fingerprint density at radius 2 is 1.79 bits per heavy atom. The third kappa shape index (κ3) is 7.77. The molecule has 1 aliphatic carbocycles. The Balaban J connectivity index is 1.93. The molecule has 2 aromatic carbocycles. The van der Waals surface area contributed by atoms with Gasteiger partial charge in [0.15, 0.2) is 0 Å². The molecule has 0 spiro atoms. The van der Waals surface area contributed by atoms with Gasteiger partial charge in [-0.2, -0.15) is 0 Å². The first kappa shape index (κ1) is 29.6. The van der Waals surface area contributed by atoms with Crippen LogP contribution in [0.25, 0.3) is 0 Å². The van der Waals surface area contributed by atoms with Crippen molar-refractivity contribution < 1.29 is 27.5 Å². The molecule has 0 aromatic heterocycles. The summed E-state index contributed by atoms with van der Waals surface area (Å²) in [5.74, 6) is 0.0247. The van der Waals surface area contributed by atoms with E-state index in [1.807, 2.05) is 6.07 Å². The summed E-state index contributed by atoms with van der Waals surface area (Å²) in [6.45, 7) is 1.20. The number of hydrogen-bond donors (Lipinski definition) is 1. The van der Waals surface area contributed by atoms with E-state index in [-0.39, 0.29) is 35.0 Å². The van der Waals surface area contributed by atoms with E-state index in [0.717, 1.165) is 48.2 Å². The van der Waals surface area contributed by atoms with E-state index in [2.05, 4.69) is 5.32 Å². The molecule has 9 nitrogen and oxygen atoms in total. The zero-order chi connectivity index (χ0) is 27.9. The van der Waals surface area contributed by atoms with Gasteiger partial charge >= 0.3 is 0 Å². The molecule has 2 aromatic rings. The number of hydrogen-bond acceptors (Lipinski definition) is 6. The molecular weight excluding hydrogens is 530 g/mol. The van der Waals surface area contributed by atoms with Gasteiger partial charge in [-0.05, 0) is 55.7 Å². The van der Waals surface area contributed by atoms with Crippen LogP contribution in [0, 0.1) is 0 Å². The molecule has 0 unspecified atom stereocenters. The van der Waals surface area contributed by atoms with Gasteiger partial charge in [0.05, 0.1) is 26.2 Å². The van der Waals surface area contributed by atoms with Crippen LogP contribution >= 0.6 is 11.6 Å². The molecule has 0 bridgehead atoms. The van der Waals surface area contributed by atoms with Crippen LogP contribution in [0.5, 0.6) is 11.5 Å². The van der Waals surface area contributed by atoms with Crippen molar-refractivity contribution in [2.75, 3.05) is 31.3 Å². The number of carbonyl (C=O) groups excluding carboxylic acids is 2. The van der Waals surface area contributed by atoms with Crippen LogP contribution in [0.3, 0.4) is 0 Å². The van der Waals surface area contributed by atoms with Crippen molar-refractivity contribution in [1.82, 2.24) is 10.2 Å². The van der Waals surface area contributed by atoms with Gasteiger partial charge < -0.3 is 19.7 Å². The molecule has 0 radical (unpaired) electrons. The molecule has 1 atom stereocenters. The molecule has 11 heteroatoms. The van der Waals surface area contributed by atoms with Crippen molar-refractivity contribution in [2.45, 2.75) is 57.7 Å². The topological polar surface area (TPSA) is 105 Å².